The molecule has 1 aliphatic rings. The van der Waals surface area contributed by atoms with E-state index in [9.17, 15) is 13.2 Å². The van der Waals surface area contributed by atoms with Crippen molar-refractivity contribution >= 4 is 39.1 Å². The second-order valence-corrected chi connectivity index (χ2v) is 8.50. The van der Waals surface area contributed by atoms with E-state index in [4.69, 9.17) is 5.11 Å². The maximum Gasteiger partial charge on any atom is 0.336 e. The molecule has 0 saturated carbocycles. The van der Waals surface area contributed by atoms with Gasteiger partial charge in [-0.25, -0.2) is 17.9 Å². The van der Waals surface area contributed by atoms with Gasteiger partial charge in [-0.3, -0.25) is 0 Å². The molecule has 8 heteroatoms. The molecule has 0 unspecified atom stereocenters. The number of thiophene rings is 1. The molecular formula is C11H15NO4S3. The van der Waals surface area contributed by atoms with E-state index >= 15 is 0 Å². The Balaban J connectivity index is 1.98. The maximum atomic E-state index is 12.0. The van der Waals surface area contributed by atoms with Crippen LogP contribution < -0.4 is 4.72 Å². The van der Waals surface area contributed by atoms with Gasteiger partial charge in [0.1, 0.15) is 4.21 Å². The van der Waals surface area contributed by atoms with E-state index in [2.05, 4.69) is 4.72 Å². The molecule has 106 valence electrons. The molecular weight excluding hydrogens is 306 g/mol. The number of hydrogen-bond donors (Lipinski definition) is 2. The van der Waals surface area contributed by atoms with Crippen molar-refractivity contribution in [3.05, 3.63) is 17.0 Å². The monoisotopic (exact) mass is 321 g/mol. The van der Waals surface area contributed by atoms with Crippen molar-refractivity contribution in [3.8, 4) is 0 Å². The smallest absolute Gasteiger partial charge is 0.336 e. The summed E-state index contributed by atoms with van der Waals surface area (Å²) in [7, 11) is -3.57. The molecule has 0 bridgehead atoms. The van der Waals surface area contributed by atoms with E-state index in [1.165, 1.54) is 11.4 Å². The first-order valence-corrected chi connectivity index (χ1v) is 9.40. The third-order valence-corrected chi connectivity index (χ3v) is 6.90. The minimum atomic E-state index is -3.57. The Labute approximate surface area is 120 Å². The summed E-state index contributed by atoms with van der Waals surface area (Å²) in [5, 5.41) is 10.1. The topological polar surface area (TPSA) is 83.5 Å². The van der Waals surface area contributed by atoms with Crippen molar-refractivity contribution in [1.82, 2.24) is 4.72 Å². The summed E-state index contributed by atoms with van der Waals surface area (Å²) in [6.45, 7) is 0.434. The van der Waals surface area contributed by atoms with Gasteiger partial charge in [-0.05, 0) is 36.3 Å². The standard InChI is InChI=1S/C11H15NO4S3/c13-11(14)9-5-10(18-7-9)19(15,16)12-6-8-1-3-17-4-2-8/h5,7-8,12H,1-4,6H2,(H,13,14). The zero-order valence-corrected chi connectivity index (χ0v) is 12.6. The van der Waals surface area contributed by atoms with E-state index in [-0.39, 0.29) is 9.77 Å². The molecule has 0 radical (unpaired) electrons. The highest BCUT2D eigenvalue weighted by molar-refractivity contribution is 7.99. The minimum Gasteiger partial charge on any atom is -0.478 e. The van der Waals surface area contributed by atoms with E-state index < -0.39 is 16.0 Å². The van der Waals surface area contributed by atoms with Gasteiger partial charge in [0.2, 0.25) is 10.0 Å². The van der Waals surface area contributed by atoms with E-state index in [0.29, 0.717) is 12.5 Å². The molecule has 19 heavy (non-hydrogen) atoms. The average molecular weight is 321 g/mol. The van der Waals surface area contributed by atoms with Crippen LogP contribution in [-0.4, -0.2) is 37.5 Å². The van der Waals surface area contributed by atoms with Gasteiger partial charge in [-0.1, -0.05) is 0 Å². The van der Waals surface area contributed by atoms with Gasteiger partial charge < -0.3 is 5.11 Å². The molecule has 5 nitrogen and oxygen atoms in total. The number of sulfonamides is 1. The van der Waals surface area contributed by atoms with Crippen LogP contribution in [0.1, 0.15) is 23.2 Å². The summed E-state index contributed by atoms with van der Waals surface area (Å²) >= 11 is 2.83. The van der Waals surface area contributed by atoms with Crippen molar-refractivity contribution in [2.75, 3.05) is 18.1 Å². The van der Waals surface area contributed by atoms with Crippen LogP contribution in [0.25, 0.3) is 0 Å². The zero-order valence-electron chi connectivity index (χ0n) is 10.2. The van der Waals surface area contributed by atoms with Crippen LogP contribution in [-0.2, 0) is 10.0 Å². The molecule has 0 spiro atoms. The lowest BCUT2D eigenvalue weighted by molar-refractivity contribution is 0.0697. The summed E-state index contributed by atoms with van der Waals surface area (Å²) in [4.78, 5) is 10.7. The van der Waals surface area contributed by atoms with Gasteiger partial charge in [0.15, 0.2) is 0 Å². The van der Waals surface area contributed by atoms with Gasteiger partial charge in [0, 0.05) is 11.9 Å². The van der Waals surface area contributed by atoms with Crippen LogP contribution in [0.4, 0.5) is 0 Å². The highest BCUT2D eigenvalue weighted by atomic mass is 32.2. The third-order valence-electron chi connectivity index (χ3n) is 2.99. The number of thioether (sulfide) groups is 1. The van der Waals surface area contributed by atoms with E-state index in [0.717, 1.165) is 35.7 Å². The van der Waals surface area contributed by atoms with Crippen LogP contribution in [0, 0.1) is 5.92 Å². The molecule has 1 aromatic heterocycles. The van der Waals surface area contributed by atoms with Crippen LogP contribution in [0.2, 0.25) is 0 Å². The molecule has 2 N–H and O–H groups in total. The number of aromatic carboxylic acids is 1. The normalized spacial score (nSPS) is 17.5. The number of nitrogens with one attached hydrogen (secondary N) is 1. The van der Waals surface area contributed by atoms with E-state index in [1.807, 2.05) is 11.8 Å². The number of rotatable bonds is 5. The molecule has 0 aromatic carbocycles. The summed E-state index contributed by atoms with van der Waals surface area (Å²) < 4.78 is 26.7. The Hall–Kier alpha value is -0.570. The number of carboxylic acids is 1. The van der Waals surface area contributed by atoms with Crippen LogP contribution >= 0.6 is 23.1 Å². The largest absolute Gasteiger partial charge is 0.478 e. The first kappa shape index (κ1) is 14.8. The van der Waals surface area contributed by atoms with Crippen molar-refractivity contribution in [3.63, 3.8) is 0 Å². The second-order valence-electron chi connectivity index (χ2n) is 4.37. The predicted molar refractivity (Wildman–Crippen MR) is 76.5 cm³/mol. The Kier molecular flexibility index (Phi) is 4.88. The lowest BCUT2D eigenvalue weighted by Crippen LogP contribution is -2.30. The van der Waals surface area contributed by atoms with Crippen LogP contribution in [0.15, 0.2) is 15.7 Å². The highest BCUT2D eigenvalue weighted by Gasteiger charge is 2.21. The molecule has 2 rings (SSSR count). The van der Waals surface area contributed by atoms with Gasteiger partial charge in [-0.2, -0.15) is 11.8 Å². The van der Waals surface area contributed by atoms with Crippen LogP contribution in [0.3, 0.4) is 0 Å². The van der Waals surface area contributed by atoms with Crippen molar-refractivity contribution in [1.29, 1.82) is 0 Å². The Morgan fingerprint density at radius 3 is 2.68 bits per heavy atom. The number of hydrogen-bond acceptors (Lipinski definition) is 5. The molecule has 1 saturated heterocycles. The lowest BCUT2D eigenvalue weighted by Gasteiger charge is -2.21. The molecule has 1 aromatic rings. The molecule has 2 heterocycles. The highest BCUT2D eigenvalue weighted by Crippen LogP contribution is 2.24. The molecule has 0 atom stereocenters. The maximum absolute atomic E-state index is 12.0. The summed E-state index contributed by atoms with van der Waals surface area (Å²) in [6.07, 6.45) is 2.05. The average Bonchev–Trinajstić information content (AvgIpc) is 2.88. The molecule has 0 amide bonds. The second kappa shape index (κ2) is 6.25. The minimum absolute atomic E-state index is 0.0134. The number of carboxylic acid groups (broad SMARTS) is 1. The van der Waals surface area contributed by atoms with Crippen molar-refractivity contribution < 1.29 is 18.3 Å². The zero-order chi connectivity index (χ0) is 13.9. The number of carbonyl (C=O) groups is 1. The quantitative estimate of drug-likeness (QED) is 0.865. The van der Waals surface area contributed by atoms with Gasteiger partial charge in [-0.15, -0.1) is 11.3 Å². The van der Waals surface area contributed by atoms with Crippen molar-refractivity contribution in [2.24, 2.45) is 5.92 Å². The summed E-state index contributed by atoms with van der Waals surface area (Å²) in [5.41, 5.74) is 0.0134. The molecule has 0 aliphatic carbocycles. The first-order valence-electron chi connectivity index (χ1n) is 5.88. The molecule has 1 fully saturated rings. The van der Waals surface area contributed by atoms with E-state index in [1.54, 1.807) is 0 Å². The van der Waals surface area contributed by atoms with Crippen LogP contribution in [0.5, 0.6) is 0 Å². The summed E-state index contributed by atoms with van der Waals surface area (Å²) in [6, 6.07) is 1.20. The fraction of sp³-hybridized carbons (Fsp3) is 0.545. The Morgan fingerprint density at radius 2 is 2.11 bits per heavy atom. The third kappa shape index (κ3) is 3.95. The fourth-order valence-electron chi connectivity index (χ4n) is 1.82. The Bertz CT molecular complexity index is 546. The van der Waals surface area contributed by atoms with Gasteiger partial charge in [0.05, 0.1) is 5.56 Å². The summed E-state index contributed by atoms with van der Waals surface area (Å²) in [5.74, 6) is 1.43. The van der Waals surface area contributed by atoms with Crippen molar-refractivity contribution in [2.45, 2.75) is 17.1 Å². The SMILES string of the molecule is O=C(O)c1csc(S(=O)(=O)NCC2CCSCC2)c1. The first-order chi connectivity index (χ1) is 8.99. The predicted octanol–water partition coefficient (Wildman–Crippen LogP) is 1.87. The van der Waals surface area contributed by atoms with Gasteiger partial charge in [0.25, 0.3) is 0 Å². The fourth-order valence-corrected chi connectivity index (χ4v) is 5.34. The molecule has 1 aliphatic heterocycles. The lowest BCUT2D eigenvalue weighted by atomic mass is 10.0. The Morgan fingerprint density at radius 1 is 1.42 bits per heavy atom. The van der Waals surface area contributed by atoms with Gasteiger partial charge >= 0.3 is 5.97 Å².